The van der Waals surface area contributed by atoms with Crippen LogP contribution < -0.4 is 19.7 Å². The summed E-state index contributed by atoms with van der Waals surface area (Å²) in [5, 5.41) is 2.67. The molecule has 1 spiro atoms. The van der Waals surface area contributed by atoms with Crippen molar-refractivity contribution in [2.24, 2.45) is 5.41 Å². The number of carbonyl (C=O) groups excluding carboxylic acids is 4. The molecule has 0 aliphatic carbocycles. The van der Waals surface area contributed by atoms with Gasteiger partial charge in [0.2, 0.25) is 17.6 Å². The molecule has 4 fully saturated rings. The van der Waals surface area contributed by atoms with Crippen LogP contribution in [-0.2, 0) is 32.8 Å². The largest absolute Gasteiger partial charge is 0.496 e. The third kappa shape index (κ3) is 7.34. The van der Waals surface area contributed by atoms with Gasteiger partial charge in [-0.05, 0) is 60.2 Å². The summed E-state index contributed by atoms with van der Waals surface area (Å²) in [6, 6.07) is 14.6. The predicted octanol–water partition coefficient (Wildman–Crippen LogP) is 4.57. The molecule has 0 bridgehead atoms. The number of ether oxygens (including phenoxy) is 1. The Labute approximate surface area is 365 Å². The van der Waals surface area contributed by atoms with Crippen LogP contribution in [0.15, 0.2) is 67.0 Å². The standard InChI is InChI=1S/C45H43F3N8O7S/c1-63-36-16-30(14-28-19-56(44(60)38(28)36)35-8-9-37(57)51-43(35)59)54-23-45(24-54)21-53(22-45)12-10-25-2-4-26(5-3-25)27-15-31-32(18-50-42(31)49-17-27)41(58)39-33(47)6-7-34(40(39)48)52-64(61,62)55-13-11-29(46)20-55/h2-7,14-18,29,35,52H,8-13,19-24H2,1H3,(H,49,50)(H,51,57,59)/t29-,35?/m1/s1. The van der Waals surface area contributed by atoms with Gasteiger partial charge in [-0.2, -0.15) is 12.7 Å². The van der Waals surface area contributed by atoms with E-state index in [1.165, 1.54) is 18.2 Å². The molecular formula is C45H43F3N8O7S. The summed E-state index contributed by atoms with van der Waals surface area (Å²) in [6.07, 6.45) is 2.90. The van der Waals surface area contributed by atoms with Gasteiger partial charge >= 0.3 is 10.2 Å². The zero-order valence-corrected chi connectivity index (χ0v) is 35.4. The van der Waals surface area contributed by atoms with E-state index in [2.05, 4.69) is 25.1 Å². The van der Waals surface area contributed by atoms with E-state index in [1.807, 2.05) is 41.1 Å². The molecular weight excluding hydrogens is 854 g/mol. The molecule has 332 valence electrons. The van der Waals surface area contributed by atoms with Gasteiger partial charge in [0, 0.05) is 105 Å². The summed E-state index contributed by atoms with van der Waals surface area (Å²) in [5.41, 5.74) is 3.74. The highest BCUT2D eigenvalue weighted by molar-refractivity contribution is 7.90. The first-order chi connectivity index (χ1) is 30.7. The molecule has 5 aliphatic rings. The van der Waals surface area contributed by atoms with E-state index in [0.29, 0.717) is 34.3 Å². The summed E-state index contributed by atoms with van der Waals surface area (Å²) in [5.74, 6) is -4.14. The van der Waals surface area contributed by atoms with Crippen LogP contribution in [0.25, 0.3) is 22.2 Å². The Balaban J connectivity index is 0.752. The Morgan fingerprint density at radius 2 is 1.78 bits per heavy atom. The van der Waals surface area contributed by atoms with Gasteiger partial charge in [0.25, 0.3) is 5.91 Å². The van der Waals surface area contributed by atoms with E-state index in [9.17, 15) is 32.0 Å². The van der Waals surface area contributed by atoms with Crippen LogP contribution in [-0.4, -0.2) is 121 Å². The molecule has 0 saturated carbocycles. The molecule has 5 aliphatic heterocycles. The van der Waals surface area contributed by atoms with Crippen molar-refractivity contribution < 1.29 is 45.5 Å². The normalized spacial score (nSPS) is 21.0. The summed E-state index contributed by atoms with van der Waals surface area (Å²) in [6.45, 7) is 4.33. The number of halogens is 3. The lowest BCUT2D eigenvalue weighted by Gasteiger charge is -2.61. The molecule has 3 N–H and O–H groups in total. The lowest BCUT2D eigenvalue weighted by molar-refractivity contribution is -0.136. The van der Waals surface area contributed by atoms with Gasteiger partial charge in [-0.15, -0.1) is 0 Å². The van der Waals surface area contributed by atoms with E-state index in [-0.39, 0.29) is 48.7 Å². The van der Waals surface area contributed by atoms with Crippen LogP contribution in [0.2, 0.25) is 0 Å². The number of aromatic amines is 1. The van der Waals surface area contributed by atoms with Crippen molar-refractivity contribution in [1.29, 1.82) is 0 Å². The number of piperidine rings is 1. The highest BCUT2D eigenvalue weighted by atomic mass is 32.2. The van der Waals surface area contributed by atoms with Crippen LogP contribution >= 0.6 is 0 Å². The molecule has 19 heteroatoms. The van der Waals surface area contributed by atoms with E-state index in [0.717, 1.165) is 78.0 Å². The van der Waals surface area contributed by atoms with Crippen molar-refractivity contribution >= 4 is 56.1 Å². The number of imide groups is 1. The topological polar surface area (TPSA) is 177 Å². The number of fused-ring (bicyclic) bond motifs is 2. The van der Waals surface area contributed by atoms with Crippen LogP contribution in [0.4, 0.5) is 24.5 Å². The minimum absolute atomic E-state index is 0.000237. The van der Waals surface area contributed by atoms with Crippen LogP contribution in [0.3, 0.4) is 0 Å². The first-order valence-corrected chi connectivity index (χ1v) is 22.5. The summed E-state index contributed by atoms with van der Waals surface area (Å²) in [4.78, 5) is 64.9. The van der Waals surface area contributed by atoms with Crippen molar-refractivity contribution in [3.05, 3.63) is 106 Å². The number of hydrogen-bond acceptors (Lipinski definition) is 10. The third-order valence-corrected chi connectivity index (χ3v) is 14.6. The number of rotatable bonds is 12. The monoisotopic (exact) mass is 896 g/mol. The number of methoxy groups -OCH3 is 1. The average Bonchev–Trinajstić information content (AvgIpc) is 3.97. The zero-order chi connectivity index (χ0) is 44.7. The molecule has 2 atom stereocenters. The molecule has 1 unspecified atom stereocenters. The van der Waals surface area contributed by atoms with E-state index >= 15 is 8.78 Å². The molecule has 0 radical (unpaired) electrons. The number of alkyl halides is 1. The maximum Gasteiger partial charge on any atom is 0.301 e. The molecule has 4 saturated heterocycles. The van der Waals surface area contributed by atoms with Gasteiger partial charge < -0.3 is 24.4 Å². The smallest absolute Gasteiger partial charge is 0.301 e. The highest BCUT2D eigenvalue weighted by Crippen LogP contribution is 2.45. The highest BCUT2D eigenvalue weighted by Gasteiger charge is 2.52. The predicted molar refractivity (Wildman–Crippen MR) is 229 cm³/mol. The average molecular weight is 897 g/mol. The number of likely N-dealkylation sites (tertiary alicyclic amines) is 1. The lowest BCUT2D eigenvalue weighted by atomic mass is 9.72. The van der Waals surface area contributed by atoms with Crippen molar-refractivity contribution in [3.8, 4) is 16.9 Å². The number of carbonyl (C=O) groups is 4. The number of nitrogens with zero attached hydrogens (tertiary/aromatic N) is 5. The minimum Gasteiger partial charge on any atom is -0.496 e. The van der Waals surface area contributed by atoms with Gasteiger partial charge in [-0.25, -0.2) is 18.2 Å². The van der Waals surface area contributed by atoms with Crippen molar-refractivity contribution in [3.63, 3.8) is 0 Å². The maximum atomic E-state index is 15.7. The number of ketones is 1. The number of nitrogens with one attached hydrogen (secondary N) is 3. The third-order valence-electron chi connectivity index (χ3n) is 13.1. The zero-order valence-electron chi connectivity index (χ0n) is 34.6. The number of aromatic nitrogens is 2. The number of amides is 3. The fourth-order valence-corrected chi connectivity index (χ4v) is 11.1. The van der Waals surface area contributed by atoms with Crippen LogP contribution in [0.5, 0.6) is 5.75 Å². The van der Waals surface area contributed by atoms with Gasteiger partial charge in [-0.3, -0.25) is 29.2 Å². The van der Waals surface area contributed by atoms with Crippen molar-refractivity contribution in [2.45, 2.75) is 44.4 Å². The first-order valence-electron chi connectivity index (χ1n) is 21.0. The number of pyridine rings is 1. The van der Waals surface area contributed by atoms with Crippen LogP contribution in [0, 0.1) is 17.0 Å². The fraction of sp³-hybridized carbons (Fsp3) is 0.356. The minimum atomic E-state index is -4.36. The van der Waals surface area contributed by atoms with Gasteiger partial charge in [0.15, 0.2) is 5.82 Å². The molecule has 15 nitrogen and oxygen atoms in total. The first kappa shape index (κ1) is 41.7. The molecule has 64 heavy (non-hydrogen) atoms. The second kappa shape index (κ2) is 15.7. The Morgan fingerprint density at radius 1 is 1.00 bits per heavy atom. The Bertz CT molecular complexity index is 2880. The molecule has 2 aromatic heterocycles. The van der Waals surface area contributed by atoms with Crippen molar-refractivity contribution in [2.75, 3.05) is 62.5 Å². The lowest BCUT2D eigenvalue weighted by Crippen LogP contribution is -2.72. The molecule has 3 amide bonds. The summed E-state index contributed by atoms with van der Waals surface area (Å²) in [7, 11) is -2.82. The SMILES string of the molecule is COc1cc(N2CC3(CN(CCc4ccc(-c5cnc6[nH]cc(C(=O)c7c(F)ccc(NS(=O)(=O)N8CC[C@@H](F)C8)c7F)c6c5)cc4)C3)C2)cc2c1C(=O)N(C1CCC(=O)NC1=O)C2. The summed E-state index contributed by atoms with van der Waals surface area (Å²) >= 11 is 0. The molecule has 3 aromatic carbocycles. The van der Waals surface area contributed by atoms with Gasteiger partial charge in [0.1, 0.15) is 29.4 Å². The Morgan fingerprint density at radius 3 is 2.50 bits per heavy atom. The van der Waals surface area contributed by atoms with Crippen molar-refractivity contribution in [1.82, 2.24) is 29.4 Å². The molecule has 7 heterocycles. The quantitative estimate of drug-likeness (QED) is 0.119. The second-order valence-electron chi connectivity index (χ2n) is 17.4. The number of benzene rings is 3. The van der Waals surface area contributed by atoms with E-state index < -0.39 is 63.5 Å². The molecule has 10 rings (SSSR count). The maximum absolute atomic E-state index is 15.7. The Kier molecular flexibility index (Phi) is 10.3. The van der Waals surface area contributed by atoms with Gasteiger partial charge in [-0.1, -0.05) is 24.3 Å². The van der Waals surface area contributed by atoms with E-state index in [1.54, 1.807) is 12.3 Å². The fourth-order valence-electron chi connectivity index (χ4n) is 9.79. The Hall–Kier alpha value is -6.31. The number of H-pyrrole nitrogens is 1. The summed E-state index contributed by atoms with van der Waals surface area (Å²) < 4.78 is 78.6. The second-order valence-corrected chi connectivity index (χ2v) is 19.1. The number of hydrogen-bond donors (Lipinski definition) is 3. The number of anilines is 2. The van der Waals surface area contributed by atoms with E-state index in [4.69, 9.17) is 4.74 Å². The van der Waals surface area contributed by atoms with Gasteiger partial charge in [0.05, 0.1) is 23.9 Å². The molecule has 5 aromatic rings. The van der Waals surface area contributed by atoms with Crippen LogP contribution in [0.1, 0.15) is 56.7 Å².